The number of nitrogens with zero attached hydrogens (tertiary/aromatic N) is 1. The molecular formula is C14H17FN2OS. The minimum absolute atomic E-state index is 0.299. The highest BCUT2D eigenvalue weighted by molar-refractivity contribution is 7.15. The number of benzene rings is 1. The van der Waals surface area contributed by atoms with Gasteiger partial charge < -0.3 is 10.1 Å². The predicted octanol–water partition coefficient (Wildman–Crippen LogP) is 3.24. The van der Waals surface area contributed by atoms with Gasteiger partial charge in [-0.15, -0.1) is 11.3 Å². The SMILES string of the molecule is CCc1nc(-c2c(F)cccc2OC)sc1CNC. The molecule has 0 atom stereocenters. The minimum atomic E-state index is -0.299. The second kappa shape index (κ2) is 6.12. The molecule has 102 valence electrons. The largest absolute Gasteiger partial charge is 0.496 e. The third-order valence-corrected chi connectivity index (χ3v) is 3.97. The molecule has 0 aliphatic heterocycles. The Labute approximate surface area is 116 Å². The Morgan fingerprint density at radius 1 is 1.42 bits per heavy atom. The normalized spacial score (nSPS) is 10.7. The standard InChI is InChI=1S/C14H17FN2OS/c1-4-10-12(8-16-2)19-14(17-10)13-9(15)6-5-7-11(13)18-3/h5-7,16H,4,8H2,1-3H3. The van der Waals surface area contributed by atoms with E-state index < -0.39 is 0 Å². The summed E-state index contributed by atoms with van der Waals surface area (Å²) in [5, 5.41) is 3.79. The van der Waals surface area contributed by atoms with Gasteiger partial charge in [-0.1, -0.05) is 13.0 Å². The third-order valence-electron chi connectivity index (χ3n) is 2.86. The summed E-state index contributed by atoms with van der Waals surface area (Å²) in [6.07, 6.45) is 0.838. The van der Waals surface area contributed by atoms with E-state index in [0.717, 1.165) is 23.5 Å². The molecule has 0 bridgehead atoms. The molecule has 1 aromatic heterocycles. The van der Waals surface area contributed by atoms with Crippen molar-refractivity contribution in [2.75, 3.05) is 14.2 Å². The second-order valence-electron chi connectivity index (χ2n) is 4.09. The number of aryl methyl sites for hydroxylation is 1. The topological polar surface area (TPSA) is 34.1 Å². The van der Waals surface area contributed by atoms with E-state index in [2.05, 4.69) is 17.2 Å². The summed E-state index contributed by atoms with van der Waals surface area (Å²) >= 11 is 1.51. The molecule has 5 heteroatoms. The number of methoxy groups -OCH3 is 1. The lowest BCUT2D eigenvalue weighted by molar-refractivity contribution is 0.413. The maximum atomic E-state index is 14.0. The van der Waals surface area contributed by atoms with Crippen molar-refractivity contribution < 1.29 is 9.13 Å². The molecule has 2 rings (SSSR count). The highest BCUT2D eigenvalue weighted by atomic mass is 32.1. The summed E-state index contributed by atoms with van der Waals surface area (Å²) in [6, 6.07) is 4.83. The van der Waals surface area contributed by atoms with Crippen molar-refractivity contribution in [3.63, 3.8) is 0 Å². The van der Waals surface area contributed by atoms with E-state index in [1.807, 2.05) is 7.05 Å². The lowest BCUT2D eigenvalue weighted by Gasteiger charge is -2.06. The molecule has 1 aromatic carbocycles. The molecule has 0 saturated carbocycles. The van der Waals surface area contributed by atoms with E-state index in [0.29, 0.717) is 16.3 Å². The van der Waals surface area contributed by atoms with E-state index in [9.17, 15) is 4.39 Å². The summed E-state index contributed by atoms with van der Waals surface area (Å²) < 4.78 is 19.3. The average molecular weight is 280 g/mol. The Kier molecular flexibility index (Phi) is 4.50. The maximum absolute atomic E-state index is 14.0. The van der Waals surface area contributed by atoms with Crippen LogP contribution in [0.15, 0.2) is 18.2 Å². The number of thiazole rings is 1. The van der Waals surface area contributed by atoms with Gasteiger partial charge in [0.1, 0.15) is 16.6 Å². The molecule has 0 aliphatic rings. The van der Waals surface area contributed by atoms with E-state index >= 15 is 0 Å². The molecule has 1 heterocycles. The summed E-state index contributed by atoms with van der Waals surface area (Å²) in [6.45, 7) is 2.80. The maximum Gasteiger partial charge on any atom is 0.137 e. The first-order valence-corrected chi connectivity index (χ1v) is 6.99. The molecule has 1 N–H and O–H groups in total. The van der Waals surface area contributed by atoms with Gasteiger partial charge in [0.25, 0.3) is 0 Å². The minimum Gasteiger partial charge on any atom is -0.496 e. The fourth-order valence-electron chi connectivity index (χ4n) is 1.95. The molecule has 19 heavy (non-hydrogen) atoms. The van der Waals surface area contributed by atoms with Gasteiger partial charge in [-0.3, -0.25) is 0 Å². The number of ether oxygens (including phenoxy) is 1. The van der Waals surface area contributed by atoms with E-state index in [4.69, 9.17) is 4.74 Å². The van der Waals surface area contributed by atoms with Crippen LogP contribution in [0.1, 0.15) is 17.5 Å². The number of rotatable bonds is 5. The lowest BCUT2D eigenvalue weighted by Crippen LogP contribution is -2.05. The van der Waals surface area contributed by atoms with Crippen LogP contribution in [0.4, 0.5) is 4.39 Å². The zero-order valence-electron chi connectivity index (χ0n) is 11.3. The fraction of sp³-hybridized carbons (Fsp3) is 0.357. The first-order valence-electron chi connectivity index (χ1n) is 6.17. The molecule has 0 spiro atoms. The van der Waals surface area contributed by atoms with Gasteiger partial charge in [0, 0.05) is 11.4 Å². The van der Waals surface area contributed by atoms with Crippen molar-refractivity contribution in [3.05, 3.63) is 34.6 Å². The van der Waals surface area contributed by atoms with Crippen LogP contribution in [-0.4, -0.2) is 19.1 Å². The van der Waals surface area contributed by atoms with Crippen molar-refractivity contribution in [3.8, 4) is 16.3 Å². The third kappa shape index (κ3) is 2.77. The summed E-state index contributed by atoms with van der Waals surface area (Å²) in [4.78, 5) is 5.69. The zero-order chi connectivity index (χ0) is 13.8. The predicted molar refractivity (Wildman–Crippen MR) is 76.2 cm³/mol. The molecule has 0 aliphatic carbocycles. The van der Waals surface area contributed by atoms with Gasteiger partial charge in [-0.2, -0.15) is 0 Å². The number of hydrogen-bond donors (Lipinski definition) is 1. The quantitative estimate of drug-likeness (QED) is 0.913. The fourth-order valence-corrected chi connectivity index (χ4v) is 3.16. The molecule has 0 unspecified atom stereocenters. The van der Waals surface area contributed by atoms with Gasteiger partial charge in [-0.25, -0.2) is 9.37 Å². The van der Waals surface area contributed by atoms with Crippen LogP contribution in [0.2, 0.25) is 0 Å². The van der Waals surface area contributed by atoms with Crippen LogP contribution in [0.25, 0.3) is 10.6 Å². The molecule has 0 saturated heterocycles. The average Bonchev–Trinajstić information content (AvgIpc) is 2.81. The van der Waals surface area contributed by atoms with Gasteiger partial charge in [-0.05, 0) is 25.6 Å². The Morgan fingerprint density at radius 3 is 2.84 bits per heavy atom. The number of aromatic nitrogens is 1. The molecule has 3 nitrogen and oxygen atoms in total. The smallest absolute Gasteiger partial charge is 0.137 e. The number of hydrogen-bond acceptors (Lipinski definition) is 4. The van der Waals surface area contributed by atoms with Gasteiger partial charge in [0.2, 0.25) is 0 Å². The first kappa shape index (κ1) is 14.0. The van der Waals surface area contributed by atoms with Gasteiger partial charge in [0.15, 0.2) is 0 Å². The Hall–Kier alpha value is -1.46. The van der Waals surface area contributed by atoms with Crippen molar-refractivity contribution in [1.29, 1.82) is 0 Å². The van der Waals surface area contributed by atoms with Crippen molar-refractivity contribution in [2.45, 2.75) is 19.9 Å². The van der Waals surface area contributed by atoms with Crippen LogP contribution in [-0.2, 0) is 13.0 Å². The van der Waals surface area contributed by atoms with Crippen LogP contribution in [0.3, 0.4) is 0 Å². The summed E-state index contributed by atoms with van der Waals surface area (Å²) in [5.41, 5.74) is 1.46. The number of nitrogens with one attached hydrogen (secondary N) is 1. The van der Waals surface area contributed by atoms with Crippen LogP contribution in [0, 0.1) is 5.82 Å². The molecule has 0 amide bonds. The van der Waals surface area contributed by atoms with E-state index in [-0.39, 0.29) is 5.82 Å². The van der Waals surface area contributed by atoms with Crippen molar-refractivity contribution >= 4 is 11.3 Å². The van der Waals surface area contributed by atoms with E-state index in [1.165, 1.54) is 17.4 Å². The Bertz CT molecular complexity index is 569. The van der Waals surface area contributed by atoms with E-state index in [1.54, 1.807) is 19.2 Å². The van der Waals surface area contributed by atoms with Gasteiger partial charge in [0.05, 0.1) is 18.4 Å². The molecule has 2 aromatic rings. The second-order valence-corrected chi connectivity index (χ2v) is 5.17. The zero-order valence-corrected chi connectivity index (χ0v) is 12.1. The summed E-state index contributed by atoms with van der Waals surface area (Å²) in [5.74, 6) is 0.221. The van der Waals surface area contributed by atoms with Crippen molar-refractivity contribution in [1.82, 2.24) is 10.3 Å². The lowest BCUT2D eigenvalue weighted by atomic mass is 10.2. The van der Waals surface area contributed by atoms with Crippen LogP contribution < -0.4 is 10.1 Å². The monoisotopic (exact) mass is 280 g/mol. The van der Waals surface area contributed by atoms with Crippen LogP contribution in [0.5, 0.6) is 5.75 Å². The van der Waals surface area contributed by atoms with Gasteiger partial charge >= 0.3 is 0 Å². The molecule has 0 fully saturated rings. The van der Waals surface area contributed by atoms with Crippen molar-refractivity contribution in [2.24, 2.45) is 0 Å². The Balaban J connectivity index is 2.53. The summed E-state index contributed by atoms with van der Waals surface area (Å²) in [7, 11) is 3.43. The Morgan fingerprint density at radius 2 is 2.21 bits per heavy atom. The first-order chi connectivity index (χ1) is 9.21. The molecular weight excluding hydrogens is 263 g/mol. The highest BCUT2D eigenvalue weighted by Gasteiger charge is 2.17. The highest BCUT2D eigenvalue weighted by Crippen LogP contribution is 2.36. The number of halogens is 1. The molecule has 0 radical (unpaired) electrons. The van der Waals surface area contributed by atoms with Crippen LogP contribution >= 0.6 is 11.3 Å².